The number of ketones is 1. The van der Waals surface area contributed by atoms with Gasteiger partial charge in [-0.25, -0.2) is 4.79 Å². The Morgan fingerprint density at radius 1 is 1.00 bits per heavy atom. The lowest BCUT2D eigenvalue weighted by atomic mass is 10.1. The Morgan fingerprint density at radius 3 is 2.32 bits per heavy atom. The van der Waals surface area contributed by atoms with E-state index in [1.807, 2.05) is 13.8 Å². The van der Waals surface area contributed by atoms with Gasteiger partial charge in [-0.2, -0.15) is 0 Å². The van der Waals surface area contributed by atoms with Gasteiger partial charge in [0.05, 0.1) is 24.0 Å². The number of methoxy groups -OCH3 is 1. The van der Waals surface area contributed by atoms with Crippen LogP contribution >= 0.6 is 11.8 Å². The third kappa shape index (κ3) is 6.13. The van der Waals surface area contributed by atoms with Gasteiger partial charge in [-0.3, -0.25) is 9.59 Å². The molecule has 0 saturated carbocycles. The van der Waals surface area contributed by atoms with Crippen LogP contribution in [0.15, 0.2) is 53.4 Å². The van der Waals surface area contributed by atoms with E-state index in [9.17, 15) is 14.4 Å². The molecule has 0 aliphatic rings. The molecule has 0 aliphatic carbocycles. The average Bonchev–Trinajstić information content (AvgIpc) is 2.69. The Morgan fingerprint density at radius 2 is 1.64 bits per heavy atom. The summed E-state index contributed by atoms with van der Waals surface area (Å²) in [4.78, 5) is 37.3. The minimum absolute atomic E-state index is 0.0503. The number of para-hydroxylation sites is 1. The van der Waals surface area contributed by atoms with Gasteiger partial charge < -0.3 is 14.8 Å². The Bertz CT molecular complexity index is 850. The Labute approximate surface area is 168 Å². The molecule has 2 aromatic rings. The van der Waals surface area contributed by atoms with E-state index in [4.69, 9.17) is 9.47 Å². The maximum atomic E-state index is 12.5. The van der Waals surface area contributed by atoms with Crippen LogP contribution < -0.4 is 10.1 Å². The highest BCUT2D eigenvalue weighted by atomic mass is 32.2. The number of hydrogen-bond donors (Lipinski definition) is 1. The van der Waals surface area contributed by atoms with E-state index in [1.165, 1.54) is 18.9 Å². The van der Waals surface area contributed by atoms with Crippen LogP contribution in [0.2, 0.25) is 0 Å². The van der Waals surface area contributed by atoms with Crippen LogP contribution in [0, 0.1) is 0 Å². The predicted molar refractivity (Wildman–Crippen MR) is 108 cm³/mol. The minimum Gasteiger partial charge on any atom is -0.496 e. The summed E-state index contributed by atoms with van der Waals surface area (Å²) in [6.45, 7) is 3.37. The number of Topliss-reactive ketones (excluding diaryl/α,β-unsaturated/α-hetero) is 1. The summed E-state index contributed by atoms with van der Waals surface area (Å²) in [6, 6.07) is 13.6. The van der Waals surface area contributed by atoms with Gasteiger partial charge >= 0.3 is 5.97 Å². The second-order valence-electron chi connectivity index (χ2n) is 6.21. The highest BCUT2D eigenvalue weighted by Gasteiger charge is 2.18. The van der Waals surface area contributed by atoms with E-state index in [1.54, 1.807) is 48.5 Å². The summed E-state index contributed by atoms with van der Waals surface area (Å²) >= 11 is 1.24. The molecular weight excluding hydrogens is 378 g/mol. The van der Waals surface area contributed by atoms with E-state index in [0.717, 1.165) is 0 Å². The first-order valence-corrected chi connectivity index (χ1v) is 9.75. The second-order valence-corrected chi connectivity index (χ2v) is 7.22. The highest BCUT2D eigenvalue weighted by Crippen LogP contribution is 2.24. The van der Waals surface area contributed by atoms with Crippen molar-refractivity contribution in [3.8, 4) is 5.75 Å². The number of esters is 1. The summed E-state index contributed by atoms with van der Waals surface area (Å²) in [7, 11) is 1.47. The first kappa shape index (κ1) is 21.5. The summed E-state index contributed by atoms with van der Waals surface area (Å²) in [5, 5.41) is 2.80. The van der Waals surface area contributed by atoms with Gasteiger partial charge in [0.15, 0.2) is 6.61 Å². The molecule has 0 fully saturated rings. The van der Waals surface area contributed by atoms with Crippen LogP contribution in [0.25, 0.3) is 0 Å². The van der Waals surface area contributed by atoms with Gasteiger partial charge in [0, 0.05) is 10.9 Å². The number of carbonyl (C=O) groups excluding carboxylic acids is 3. The number of carbonyl (C=O) groups is 3. The lowest BCUT2D eigenvalue weighted by molar-refractivity contribution is -0.119. The molecule has 148 valence electrons. The molecule has 0 unspecified atom stereocenters. The maximum absolute atomic E-state index is 12.5. The molecule has 2 aromatic carbocycles. The summed E-state index contributed by atoms with van der Waals surface area (Å²) < 4.78 is 10.4. The third-order valence-corrected chi connectivity index (χ3v) is 4.73. The molecule has 1 N–H and O–H groups in total. The zero-order chi connectivity index (χ0) is 20.5. The lowest BCUT2D eigenvalue weighted by Gasteiger charge is -2.11. The van der Waals surface area contributed by atoms with Gasteiger partial charge in [-0.15, -0.1) is 11.8 Å². The number of amides is 1. The van der Waals surface area contributed by atoms with E-state index in [-0.39, 0.29) is 23.5 Å². The number of rotatable bonds is 9. The average molecular weight is 401 g/mol. The summed E-state index contributed by atoms with van der Waals surface area (Å²) in [5.74, 6) is -0.476. The second kappa shape index (κ2) is 10.5. The van der Waals surface area contributed by atoms with Crippen LogP contribution in [-0.2, 0) is 9.53 Å². The van der Waals surface area contributed by atoms with Crippen molar-refractivity contribution in [2.24, 2.45) is 0 Å². The van der Waals surface area contributed by atoms with Crippen molar-refractivity contribution < 1.29 is 23.9 Å². The Balaban J connectivity index is 2.00. The number of ether oxygens (including phenoxy) is 2. The van der Waals surface area contributed by atoms with Crippen LogP contribution in [0.3, 0.4) is 0 Å². The van der Waals surface area contributed by atoms with Gasteiger partial charge in [0.1, 0.15) is 5.75 Å². The van der Waals surface area contributed by atoms with E-state index < -0.39 is 12.6 Å². The van der Waals surface area contributed by atoms with Crippen LogP contribution in [-0.4, -0.2) is 43.2 Å². The molecule has 2 rings (SSSR count). The van der Waals surface area contributed by atoms with E-state index in [2.05, 4.69) is 5.32 Å². The van der Waals surface area contributed by atoms with Crippen molar-refractivity contribution in [3.63, 3.8) is 0 Å². The fourth-order valence-corrected chi connectivity index (χ4v) is 3.28. The highest BCUT2D eigenvalue weighted by molar-refractivity contribution is 8.00. The number of benzene rings is 2. The van der Waals surface area contributed by atoms with Crippen molar-refractivity contribution >= 4 is 29.4 Å². The zero-order valence-corrected chi connectivity index (χ0v) is 16.9. The molecule has 0 bridgehead atoms. The van der Waals surface area contributed by atoms with E-state index >= 15 is 0 Å². The molecule has 0 radical (unpaired) electrons. The standard InChI is InChI=1S/C21H23NO5S/c1-14(2)22-20(24)13-28-19-11-7-5-9-16(19)21(25)27-12-17(23)15-8-4-6-10-18(15)26-3/h4-11,14H,12-13H2,1-3H3,(H,22,24). The first-order valence-electron chi connectivity index (χ1n) is 8.77. The van der Waals surface area contributed by atoms with Crippen LogP contribution in [0.1, 0.15) is 34.6 Å². The Kier molecular flexibility index (Phi) is 8.07. The molecule has 0 heterocycles. The maximum Gasteiger partial charge on any atom is 0.339 e. The molecule has 28 heavy (non-hydrogen) atoms. The molecule has 7 heteroatoms. The van der Waals surface area contributed by atoms with Crippen molar-refractivity contribution in [3.05, 3.63) is 59.7 Å². The predicted octanol–water partition coefficient (Wildman–Crippen LogP) is 3.35. The third-order valence-electron chi connectivity index (χ3n) is 3.66. The normalized spacial score (nSPS) is 10.4. The summed E-state index contributed by atoms with van der Waals surface area (Å²) in [5.41, 5.74) is 0.670. The molecule has 0 aromatic heterocycles. The zero-order valence-electron chi connectivity index (χ0n) is 16.1. The number of hydrogen-bond acceptors (Lipinski definition) is 6. The molecular formula is C21H23NO5S. The fraction of sp³-hybridized carbons (Fsp3) is 0.286. The fourth-order valence-electron chi connectivity index (χ4n) is 2.43. The first-order chi connectivity index (χ1) is 13.4. The van der Waals surface area contributed by atoms with Crippen molar-refractivity contribution in [2.45, 2.75) is 24.8 Å². The number of nitrogens with one attached hydrogen (secondary N) is 1. The van der Waals surface area contributed by atoms with Gasteiger partial charge in [0.2, 0.25) is 11.7 Å². The van der Waals surface area contributed by atoms with Crippen LogP contribution in [0.5, 0.6) is 5.75 Å². The SMILES string of the molecule is COc1ccccc1C(=O)COC(=O)c1ccccc1SCC(=O)NC(C)C. The van der Waals surface area contributed by atoms with Gasteiger partial charge in [-0.1, -0.05) is 24.3 Å². The van der Waals surface area contributed by atoms with Crippen LogP contribution in [0.4, 0.5) is 0 Å². The van der Waals surface area contributed by atoms with Gasteiger partial charge in [-0.05, 0) is 38.1 Å². The van der Waals surface area contributed by atoms with Gasteiger partial charge in [0.25, 0.3) is 0 Å². The summed E-state index contributed by atoms with van der Waals surface area (Å²) in [6.07, 6.45) is 0. The van der Waals surface area contributed by atoms with Crippen molar-refractivity contribution in [2.75, 3.05) is 19.5 Å². The topological polar surface area (TPSA) is 81.7 Å². The largest absolute Gasteiger partial charge is 0.496 e. The van der Waals surface area contributed by atoms with Crippen molar-refractivity contribution in [1.82, 2.24) is 5.32 Å². The quantitative estimate of drug-likeness (QED) is 0.394. The molecule has 0 aliphatic heterocycles. The smallest absolute Gasteiger partial charge is 0.339 e. The molecule has 0 saturated heterocycles. The molecule has 0 spiro atoms. The molecule has 0 atom stereocenters. The number of thioether (sulfide) groups is 1. The molecule has 1 amide bonds. The monoisotopic (exact) mass is 401 g/mol. The molecule has 6 nitrogen and oxygen atoms in total. The lowest BCUT2D eigenvalue weighted by Crippen LogP contribution is -2.31. The van der Waals surface area contributed by atoms with Crippen molar-refractivity contribution in [1.29, 1.82) is 0 Å². The van der Waals surface area contributed by atoms with E-state index in [0.29, 0.717) is 21.8 Å². The minimum atomic E-state index is -0.615. The Hall–Kier alpha value is -2.80.